The van der Waals surface area contributed by atoms with Crippen LogP contribution in [0.3, 0.4) is 0 Å². The lowest BCUT2D eigenvalue weighted by Crippen LogP contribution is -2.71. The molecule has 3 aliphatic heterocycles. The molecule has 4 rings (SSSR count). The zero-order chi connectivity index (χ0) is 20.2. The highest BCUT2D eigenvalue weighted by Gasteiger charge is 2.63. The molecule has 28 heavy (non-hydrogen) atoms. The number of anilines is 1. The molecule has 0 radical (unpaired) electrons. The van der Waals surface area contributed by atoms with Gasteiger partial charge in [-0.25, -0.2) is 4.79 Å². The molecule has 1 aromatic carbocycles. The number of nitro benzene ring substituents is 1. The van der Waals surface area contributed by atoms with Crippen LogP contribution in [-0.2, 0) is 16.0 Å². The summed E-state index contributed by atoms with van der Waals surface area (Å²) in [7, 11) is 2.78. The largest absolute Gasteiger partial charge is 0.367 e. The molecule has 0 unspecified atom stereocenters. The fraction of sp³-hybridized carbons (Fsp3) is 0.526. The van der Waals surface area contributed by atoms with E-state index in [0.29, 0.717) is 18.5 Å². The van der Waals surface area contributed by atoms with E-state index in [1.807, 2.05) is 0 Å². The second-order valence-electron chi connectivity index (χ2n) is 7.79. The summed E-state index contributed by atoms with van der Waals surface area (Å²) in [5, 5.41) is 11.3. The SMILES string of the molecule is CN1C(=O)N(C)C(=O)C2(Cc3cc([N+](=O)[O-])ccc3N3CCCCC[C@H]32)C1=O. The lowest BCUT2D eigenvalue weighted by molar-refractivity contribution is -0.384. The minimum absolute atomic E-state index is 0.0603. The molecule has 3 aliphatic rings. The number of urea groups is 1. The van der Waals surface area contributed by atoms with E-state index in [2.05, 4.69) is 4.90 Å². The van der Waals surface area contributed by atoms with Crippen molar-refractivity contribution in [3.63, 3.8) is 0 Å². The van der Waals surface area contributed by atoms with Crippen LogP contribution in [0.2, 0.25) is 0 Å². The molecule has 1 atom stereocenters. The zero-order valence-corrected chi connectivity index (χ0v) is 15.9. The molecular weight excluding hydrogens is 364 g/mol. The molecule has 0 bridgehead atoms. The molecule has 2 fully saturated rings. The maximum absolute atomic E-state index is 13.4. The third kappa shape index (κ3) is 2.35. The molecule has 9 heteroatoms. The summed E-state index contributed by atoms with van der Waals surface area (Å²) in [5.41, 5.74) is -0.0731. The molecule has 2 saturated heterocycles. The summed E-state index contributed by atoms with van der Waals surface area (Å²) in [6.07, 6.45) is 3.50. The van der Waals surface area contributed by atoms with Crippen molar-refractivity contribution < 1.29 is 19.3 Å². The van der Waals surface area contributed by atoms with Gasteiger partial charge >= 0.3 is 6.03 Å². The number of amides is 4. The number of hydrogen-bond acceptors (Lipinski definition) is 6. The van der Waals surface area contributed by atoms with Crippen LogP contribution >= 0.6 is 0 Å². The Morgan fingerprint density at radius 2 is 1.75 bits per heavy atom. The van der Waals surface area contributed by atoms with Crippen molar-refractivity contribution in [2.24, 2.45) is 5.41 Å². The average Bonchev–Trinajstić information content (AvgIpc) is 2.95. The molecule has 0 saturated carbocycles. The van der Waals surface area contributed by atoms with Gasteiger partial charge in [0.1, 0.15) is 0 Å². The van der Waals surface area contributed by atoms with Crippen molar-refractivity contribution in [3.8, 4) is 0 Å². The topological polar surface area (TPSA) is 104 Å². The maximum atomic E-state index is 13.4. The number of nitrogens with zero attached hydrogens (tertiary/aromatic N) is 4. The van der Waals surface area contributed by atoms with Crippen molar-refractivity contribution >= 4 is 29.2 Å². The molecule has 9 nitrogen and oxygen atoms in total. The van der Waals surface area contributed by atoms with Gasteiger partial charge in [0.25, 0.3) is 5.69 Å². The Labute approximate surface area is 162 Å². The molecule has 0 N–H and O–H groups in total. The summed E-state index contributed by atoms with van der Waals surface area (Å²) < 4.78 is 0. The van der Waals surface area contributed by atoms with Crippen LogP contribution in [0.5, 0.6) is 0 Å². The average molecular weight is 386 g/mol. The summed E-state index contributed by atoms with van der Waals surface area (Å²) >= 11 is 0. The first-order valence-electron chi connectivity index (χ1n) is 9.43. The first-order valence-corrected chi connectivity index (χ1v) is 9.43. The number of non-ortho nitro benzene ring substituents is 1. The first-order chi connectivity index (χ1) is 13.3. The summed E-state index contributed by atoms with van der Waals surface area (Å²) in [6, 6.07) is 3.61. The molecule has 148 valence electrons. The van der Waals surface area contributed by atoms with E-state index in [-0.39, 0.29) is 18.2 Å². The second kappa shape index (κ2) is 6.29. The van der Waals surface area contributed by atoms with Crippen LogP contribution < -0.4 is 4.90 Å². The Bertz CT molecular complexity index is 874. The minimum Gasteiger partial charge on any atom is -0.367 e. The summed E-state index contributed by atoms with van der Waals surface area (Å²) in [6.45, 7) is 0.666. The van der Waals surface area contributed by atoms with E-state index in [0.717, 1.165) is 34.7 Å². The number of carbonyl (C=O) groups is 3. The van der Waals surface area contributed by atoms with Gasteiger partial charge in [-0.15, -0.1) is 0 Å². The minimum atomic E-state index is -1.44. The van der Waals surface area contributed by atoms with Gasteiger partial charge in [0.05, 0.1) is 11.0 Å². The van der Waals surface area contributed by atoms with Gasteiger partial charge in [0.2, 0.25) is 11.8 Å². The Hall–Kier alpha value is -2.97. The van der Waals surface area contributed by atoms with E-state index in [9.17, 15) is 24.5 Å². The highest BCUT2D eigenvalue weighted by atomic mass is 16.6. The van der Waals surface area contributed by atoms with Gasteiger partial charge in [0, 0.05) is 44.9 Å². The standard InChI is InChI=1S/C19H22N4O5/c1-20-16(24)19(17(25)21(2)18(20)26)11-12-10-13(23(27)28)7-8-14(12)22-9-5-3-4-6-15(19)22/h7-8,10,15H,3-6,9,11H2,1-2H3/t15-/m0/s1. The quantitative estimate of drug-likeness (QED) is 0.415. The van der Waals surface area contributed by atoms with Crippen LogP contribution in [0.4, 0.5) is 16.2 Å². The van der Waals surface area contributed by atoms with Gasteiger partial charge in [-0.1, -0.05) is 12.8 Å². The van der Waals surface area contributed by atoms with Crippen molar-refractivity contribution in [2.75, 3.05) is 25.5 Å². The van der Waals surface area contributed by atoms with E-state index < -0.39 is 28.2 Å². The van der Waals surface area contributed by atoms with Crippen molar-refractivity contribution in [1.29, 1.82) is 0 Å². The van der Waals surface area contributed by atoms with Crippen LogP contribution in [0.15, 0.2) is 18.2 Å². The zero-order valence-electron chi connectivity index (χ0n) is 15.9. The van der Waals surface area contributed by atoms with Gasteiger partial charge in [-0.2, -0.15) is 0 Å². The summed E-state index contributed by atoms with van der Waals surface area (Å²) in [5.74, 6) is -1.04. The molecule has 1 spiro atoms. The maximum Gasteiger partial charge on any atom is 0.332 e. The Morgan fingerprint density at radius 1 is 1.07 bits per heavy atom. The van der Waals surface area contributed by atoms with Crippen LogP contribution in [-0.4, -0.2) is 59.3 Å². The fourth-order valence-corrected chi connectivity index (χ4v) is 4.96. The Kier molecular flexibility index (Phi) is 4.13. The van der Waals surface area contributed by atoms with Gasteiger partial charge in [0.15, 0.2) is 5.41 Å². The molecule has 4 amide bonds. The number of rotatable bonds is 1. The number of imide groups is 2. The number of benzene rings is 1. The smallest absolute Gasteiger partial charge is 0.332 e. The van der Waals surface area contributed by atoms with Crippen LogP contribution in [0.25, 0.3) is 0 Å². The third-order valence-corrected chi connectivity index (χ3v) is 6.32. The molecule has 1 aromatic rings. The van der Waals surface area contributed by atoms with Crippen LogP contribution in [0.1, 0.15) is 31.2 Å². The van der Waals surface area contributed by atoms with E-state index >= 15 is 0 Å². The van der Waals surface area contributed by atoms with Crippen molar-refractivity contribution in [1.82, 2.24) is 9.80 Å². The van der Waals surface area contributed by atoms with Gasteiger partial charge < -0.3 is 4.90 Å². The van der Waals surface area contributed by atoms with Crippen molar-refractivity contribution in [3.05, 3.63) is 33.9 Å². The second-order valence-corrected chi connectivity index (χ2v) is 7.79. The molecule has 3 heterocycles. The van der Waals surface area contributed by atoms with E-state index in [1.54, 1.807) is 6.07 Å². The highest BCUT2D eigenvalue weighted by molar-refractivity contribution is 6.20. The van der Waals surface area contributed by atoms with Gasteiger partial charge in [-0.3, -0.25) is 29.5 Å². The number of hydrogen-bond donors (Lipinski definition) is 0. The first kappa shape index (κ1) is 18.4. The monoisotopic (exact) mass is 386 g/mol. The lowest BCUT2D eigenvalue weighted by Gasteiger charge is -2.52. The van der Waals surface area contributed by atoms with E-state index in [4.69, 9.17) is 0 Å². The molecule has 0 aromatic heterocycles. The number of barbiturate groups is 1. The summed E-state index contributed by atoms with van der Waals surface area (Å²) in [4.78, 5) is 53.9. The van der Waals surface area contributed by atoms with E-state index in [1.165, 1.54) is 26.2 Å². The third-order valence-electron chi connectivity index (χ3n) is 6.32. The van der Waals surface area contributed by atoms with Crippen molar-refractivity contribution in [2.45, 2.75) is 38.1 Å². The van der Waals surface area contributed by atoms with Gasteiger partial charge in [-0.05, 0) is 24.5 Å². The number of carbonyl (C=O) groups excluding carboxylic acids is 3. The lowest BCUT2D eigenvalue weighted by atomic mass is 9.67. The van der Waals surface area contributed by atoms with Crippen LogP contribution in [0, 0.1) is 15.5 Å². The predicted molar refractivity (Wildman–Crippen MR) is 99.8 cm³/mol. The Morgan fingerprint density at radius 3 is 2.39 bits per heavy atom. The number of nitro groups is 1. The molecular formula is C19H22N4O5. The fourth-order valence-electron chi connectivity index (χ4n) is 4.96. The molecule has 0 aliphatic carbocycles. The predicted octanol–water partition coefficient (Wildman–Crippen LogP) is 1.94. The normalized spacial score (nSPS) is 24.1. The highest BCUT2D eigenvalue weighted by Crippen LogP contribution is 2.48. The number of fused-ring (bicyclic) bond motifs is 4. The Balaban J connectivity index is 1.93.